The number of piperazine rings is 1. The number of likely N-dealkylation sites (N-methyl/N-ethyl adjacent to an activating group) is 1. The van der Waals surface area contributed by atoms with Crippen molar-refractivity contribution in [2.75, 3.05) is 38.1 Å². The summed E-state index contributed by atoms with van der Waals surface area (Å²) in [7, 11) is 2.18. The molecule has 1 unspecified atom stereocenters. The van der Waals surface area contributed by atoms with Crippen LogP contribution in [0.3, 0.4) is 0 Å². The molecule has 3 aromatic carbocycles. The van der Waals surface area contributed by atoms with E-state index in [2.05, 4.69) is 40.4 Å². The zero-order valence-electron chi connectivity index (χ0n) is 19.1. The summed E-state index contributed by atoms with van der Waals surface area (Å²) in [4.78, 5) is 17.9. The number of carbonyl (C=O) groups excluding carboxylic acids is 1. The third-order valence-corrected chi connectivity index (χ3v) is 6.99. The number of hydrogen-bond acceptors (Lipinski definition) is 4. The van der Waals surface area contributed by atoms with E-state index < -0.39 is 0 Å². The third-order valence-electron chi connectivity index (χ3n) is 6.99. The summed E-state index contributed by atoms with van der Waals surface area (Å²) in [6, 6.07) is 21.6. The molecular formula is C28H31N3O2. The lowest BCUT2D eigenvalue weighted by atomic mass is 9.86. The topological polar surface area (TPSA) is 55.8 Å². The Hall–Kier alpha value is -3.31. The summed E-state index contributed by atoms with van der Waals surface area (Å²) in [6.45, 7) is 4.28. The molecule has 1 heterocycles. The van der Waals surface area contributed by atoms with E-state index in [1.54, 1.807) is 12.1 Å². The number of aryl methyl sites for hydroxylation is 1. The largest absolute Gasteiger partial charge is 0.508 e. The van der Waals surface area contributed by atoms with Crippen molar-refractivity contribution in [3.05, 3.63) is 83.4 Å². The highest BCUT2D eigenvalue weighted by atomic mass is 16.3. The number of nitrogens with one attached hydrogen (secondary N) is 1. The molecule has 33 heavy (non-hydrogen) atoms. The zero-order valence-corrected chi connectivity index (χ0v) is 19.1. The fourth-order valence-corrected chi connectivity index (χ4v) is 4.97. The number of rotatable bonds is 4. The van der Waals surface area contributed by atoms with Gasteiger partial charge in [-0.25, -0.2) is 0 Å². The van der Waals surface area contributed by atoms with Crippen LogP contribution >= 0.6 is 0 Å². The maximum Gasteiger partial charge on any atom is 0.251 e. The molecule has 0 radical (unpaired) electrons. The molecule has 1 aliphatic carbocycles. The molecule has 5 nitrogen and oxygen atoms in total. The minimum absolute atomic E-state index is 0.0159. The predicted molar refractivity (Wildman–Crippen MR) is 133 cm³/mol. The first-order valence-corrected chi connectivity index (χ1v) is 11.8. The van der Waals surface area contributed by atoms with Crippen LogP contribution in [0, 0.1) is 0 Å². The smallest absolute Gasteiger partial charge is 0.251 e. The van der Waals surface area contributed by atoms with Gasteiger partial charge in [-0.2, -0.15) is 0 Å². The summed E-state index contributed by atoms with van der Waals surface area (Å²) in [6.07, 6.45) is 2.85. The average molecular weight is 442 g/mol. The maximum atomic E-state index is 13.0. The van der Waals surface area contributed by atoms with Crippen LogP contribution in [0.15, 0.2) is 66.7 Å². The van der Waals surface area contributed by atoms with Gasteiger partial charge in [-0.3, -0.25) is 4.79 Å². The Morgan fingerprint density at radius 3 is 2.27 bits per heavy atom. The minimum atomic E-state index is -0.0159. The standard InChI is InChI=1S/C28H31N3O2/c1-30-15-17-31(18-16-30)27-4-2-3-22-9-12-24(19-26(22)27)29-28(33)23-7-5-20(6-8-23)21-10-13-25(32)14-11-21/h2-8,10-11,13-14,24,32H,9,12,15-19H2,1H3,(H,29,33). The molecule has 5 heteroatoms. The van der Waals surface area contributed by atoms with E-state index in [1.165, 1.54) is 16.8 Å². The molecular weight excluding hydrogens is 410 g/mol. The molecule has 0 aromatic heterocycles. The maximum absolute atomic E-state index is 13.0. The highest BCUT2D eigenvalue weighted by Gasteiger charge is 2.25. The molecule has 1 saturated heterocycles. The van der Waals surface area contributed by atoms with Crippen LogP contribution in [0.5, 0.6) is 5.75 Å². The van der Waals surface area contributed by atoms with E-state index in [4.69, 9.17) is 0 Å². The molecule has 1 fully saturated rings. The van der Waals surface area contributed by atoms with Crippen molar-refractivity contribution in [3.63, 3.8) is 0 Å². The van der Waals surface area contributed by atoms with Crippen molar-refractivity contribution in [2.24, 2.45) is 0 Å². The number of aromatic hydroxyl groups is 1. The number of phenols is 1. The van der Waals surface area contributed by atoms with Gasteiger partial charge in [0.1, 0.15) is 5.75 Å². The van der Waals surface area contributed by atoms with Gasteiger partial charge in [0.05, 0.1) is 0 Å². The summed E-state index contributed by atoms with van der Waals surface area (Å²) in [5.41, 5.74) is 6.89. The van der Waals surface area contributed by atoms with Crippen LogP contribution in [-0.4, -0.2) is 55.2 Å². The molecule has 0 bridgehead atoms. The number of nitrogens with zero attached hydrogens (tertiary/aromatic N) is 2. The Labute approximate surface area is 195 Å². The van der Waals surface area contributed by atoms with Gasteiger partial charge >= 0.3 is 0 Å². The Kier molecular flexibility index (Phi) is 6.05. The minimum Gasteiger partial charge on any atom is -0.508 e. The van der Waals surface area contributed by atoms with Crippen LogP contribution in [0.25, 0.3) is 11.1 Å². The van der Waals surface area contributed by atoms with Gasteiger partial charge in [0.2, 0.25) is 0 Å². The summed E-state index contributed by atoms with van der Waals surface area (Å²) >= 11 is 0. The molecule has 0 saturated carbocycles. The van der Waals surface area contributed by atoms with Crippen molar-refractivity contribution in [3.8, 4) is 16.9 Å². The van der Waals surface area contributed by atoms with Crippen LogP contribution in [0.4, 0.5) is 5.69 Å². The number of amides is 1. The van der Waals surface area contributed by atoms with Gasteiger partial charge < -0.3 is 20.2 Å². The van der Waals surface area contributed by atoms with E-state index in [0.29, 0.717) is 5.56 Å². The quantitative estimate of drug-likeness (QED) is 0.640. The molecule has 1 amide bonds. The fourth-order valence-electron chi connectivity index (χ4n) is 4.97. The fraction of sp³-hybridized carbons (Fsp3) is 0.321. The SMILES string of the molecule is CN1CCN(c2cccc3c2CC(NC(=O)c2ccc(-c4ccc(O)cc4)cc2)CC3)CC1. The van der Waals surface area contributed by atoms with Crippen LogP contribution in [0.1, 0.15) is 27.9 Å². The van der Waals surface area contributed by atoms with E-state index in [1.807, 2.05) is 36.4 Å². The van der Waals surface area contributed by atoms with Crippen LogP contribution in [0.2, 0.25) is 0 Å². The zero-order chi connectivity index (χ0) is 22.8. The van der Waals surface area contributed by atoms with Gasteiger partial charge in [0, 0.05) is 43.5 Å². The van der Waals surface area contributed by atoms with E-state index in [0.717, 1.165) is 56.6 Å². The second-order valence-electron chi connectivity index (χ2n) is 9.24. The molecule has 2 aliphatic rings. The van der Waals surface area contributed by atoms with E-state index in [9.17, 15) is 9.90 Å². The Balaban J connectivity index is 1.27. The highest BCUT2D eigenvalue weighted by molar-refractivity contribution is 5.95. The highest BCUT2D eigenvalue weighted by Crippen LogP contribution is 2.31. The monoisotopic (exact) mass is 441 g/mol. The lowest BCUT2D eigenvalue weighted by Crippen LogP contribution is -2.45. The predicted octanol–water partition coefficient (Wildman–Crippen LogP) is 4.10. The van der Waals surface area contributed by atoms with Crippen molar-refractivity contribution in [1.82, 2.24) is 10.2 Å². The van der Waals surface area contributed by atoms with Crippen molar-refractivity contribution in [1.29, 1.82) is 0 Å². The van der Waals surface area contributed by atoms with Crippen molar-refractivity contribution >= 4 is 11.6 Å². The second kappa shape index (κ2) is 9.28. The number of benzene rings is 3. The van der Waals surface area contributed by atoms with E-state index in [-0.39, 0.29) is 17.7 Å². The van der Waals surface area contributed by atoms with Gasteiger partial charge in [0.15, 0.2) is 0 Å². The Bertz CT molecular complexity index is 1120. The average Bonchev–Trinajstić information content (AvgIpc) is 2.85. The Morgan fingerprint density at radius 2 is 1.58 bits per heavy atom. The molecule has 3 aromatic rings. The molecule has 5 rings (SSSR count). The van der Waals surface area contributed by atoms with Gasteiger partial charge in [0.25, 0.3) is 5.91 Å². The molecule has 0 spiro atoms. The number of carbonyl (C=O) groups is 1. The van der Waals surface area contributed by atoms with Gasteiger partial charge in [-0.15, -0.1) is 0 Å². The molecule has 1 atom stereocenters. The number of fused-ring (bicyclic) bond motifs is 1. The van der Waals surface area contributed by atoms with E-state index >= 15 is 0 Å². The number of phenolic OH excluding ortho intramolecular Hbond substituents is 1. The lowest BCUT2D eigenvalue weighted by Gasteiger charge is -2.37. The van der Waals surface area contributed by atoms with Crippen molar-refractivity contribution < 1.29 is 9.90 Å². The summed E-state index contributed by atoms with van der Waals surface area (Å²) in [5.74, 6) is 0.234. The first-order valence-electron chi connectivity index (χ1n) is 11.8. The van der Waals surface area contributed by atoms with Crippen molar-refractivity contribution in [2.45, 2.75) is 25.3 Å². The van der Waals surface area contributed by atoms with Crippen LogP contribution < -0.4 is 10.2 Å². The van der Waals surface area contributed by atoms with Gasteiger partial charge in [-0.05, 0) is 78.9 Å². The van der Waals surface area contributed by atoms with Crippen LogP contribution in [-0.2, 0) is 12.8 Å². The third kappa shape index (κ3) is 4.74. The first kappa shape index (κ1) is 21.5. The Morgan fingerprint density at radius 1 is 0.909 bits per heavy atom. The summed E-state index contributed by atoms with van der Waals surface area (Å²) in [5, 5.41) is 12.8. The number of hydrogen-bond donors (Lipinski definition) is 2. The first-order chi connectivity index (χ1) is 16.1. The summed E-state index contributed by atoms with van der Waals surface area (Å²) < 4.78 is 0. The molecule has 2 N–H and O–H groups in total. The van der Waals surface area contributed by atoms with Gasteiger partial charge in [-0.1, -0.05) is 36.4 Å². The second-order valence-corrected chi connectivity index (χ2v) is 9.24. The lowest BCUT2D eigenvalue weighted by molar-refractivity contribution is 0.0933. The number of anilines is 1. The molecule has 170 valence electrons. The molecule has 1 aliphatic heterocycles. The normalized spacial score (nSPS) is 18.6.